The minimum Gasteiger partial charge on any atom is -0.482 e. The topological polar surface area (TPSA) is 87.0 Å². The first kappa shape index (κ1) is 17.8. The van der Waals surface area contributed by atoms with Crippen LogP contribution in [0.2, 0.25) is 0 Å². The highest BCUT2D eigenvalue weighted by atomic mass is 16.6. The van der Waals surface area contributed by atoms with E-state index < -0.39 is 11.9 Å². The van der Waals surface area contributed by atoms with Crippen molar-refractivity contribution in [3.05, 3.63) is 29.5 Å². The van der Waals surface area contributed by atoms with Gasteiger partial charge in [0.2, 0.25) is 0 Å². The van der Waals surface area contributed by atoms with Gasteiger partial charge in [0.05, 0.1) is 25.9 Å². The van der Waals surface area contributed by atoms with Crippen LogP contribution in [0.5, 0.6) is 5.75 Å². The highest BCUT2D eigenvalue weighted by Crippen LogP contribution is 2.30. The number of rotatable bonds is 7. The summed E-state index contributed by atoms with van der Waals surface area (Å²) in [5.74, 6) is -0.476. The highest BCUT2D eigenvalue weighted by Gasteiger charge is 2.21. The molecule has 0 aliphatic heterocycles. The molecule has 2 rings (SSSR count). The fraction of sp³-hybridized carbons (Fsp3) is 0.412. The summed E-state index contributed by atoms with van der Waals surface area (Å²) in [6, 6.07) is 5.17. The number of benzene rings is 1. The maximum atomic E-state index is 12.3. The van der Waals surface area contributed by atoms with Crippen molar-refractivity contribution < 1.29 is 28.9 Å². The normalized spacial score (nSPS) is 10.7. The quantitative estimate of drug-likeness (QED) is 0.775. The fourth-order valence-electron chi connectivity index (χ4n) is 2.60. The molecule has 24 heavy (non-hydrogen) atoms. The SMILES string of the molecule is CCOC(=O)c1c(C)n(CCO)c2ccc(OCC(=O)OC)cc12. The summed E-state index contributed by atoms with van der Waals surface area (Å²) in [6.07, 6.45) is 0. The first-order valence-electron chi connectivity index (χ1n) is 7.63. The number of carbonyl (C=O) groups excluding carboxylic acids is 2. The van der Waals surface area contributed by atoms with E-state index >= 15 is 0 Å². The van der Waals surface area contributed by atoms with E-state index in [2.05, 4.69) is 4.74 Å². The van der Waals surface area contributed by atoms with Crippen LogP contribution in [-0.4, -0.2) is 48.5 Å². The Morgan fingerprint density at radius 3 is 2.67 bits per heavy atom. The number of carbonyl (C=O) groups is 2. The van der Waals surface area contributed by atoms with Gasteiger partial charge < -0.3 is 23.9 Å². The van der Waals surface area contributed by atoms with Gasteiger partial charge in [0, 0.05) is 23.1 Å². The van der Waals surface area contributed by atoms with E-state index in [1.165, 1.54) is 7.11 Å². The van der Waals surface area contributed by atoms with Gasteiger partial charge in [0.1, 0.15) is 5.75 Å². The van der Waals surface area contributed by atoms with E-state index in [1.807, 2.05) is 4.57 Å². The van der Waals surface area contributed by atoms with Gasteiger partial charge in [-0.25, -0.2) is 9.59 Å². The highest BCUT2D eigenvalue weighted by molar-refractivity contribution is 6.06. The van der Waals surface area contributed by atoms with Crippen LogP contribution in [-0.2, 0) is 20.8 Å². The molecule has 0 amide bonds. The minimum absolute atomic E-state index is 0.0481. The number of esters is 2. The van der Waals surface area contributed by atoms with Crippen LogP contribution >= 0.6 is 0 Å². The summed E-state index contributed by atoms with van der Waals surface area (Å²) in [4.78, 5) is 23.5. The molecule has 0 saturated heterocycles. The van der Waals surface area contributed by atoms with Crippen molar-refractivity contribution in [1.82, 2.24) is 4.57 Å². The van der Waals surface area contributed by atoms with Crippen LogP contribution in [0.3, 0.4) is 0 Å². The van der Waals surface area contributed by atoms with Crippen molar-refractivity contribution >= 4 is 22.8 Å². The summed E-state index contributed by atoms with van der Waals surface area (Å²) < 4.78 is 16.9. The van der Waals surface area contributed by atoms with E-state index in [0.717, 1.165) is 5.52 Å². The third kappa shape index (κ3) is 3.51. The molecule has 1 N–H and O–H groups in total. The number of aliphatic hydroxyl groups excluding tert-OH is 1. The molecule has 0 unspecified atom stereocenters. The Hall–Kier alpha value is -2.54. The average Bonchev–Trinajstić information content (AvgIpc) is 2.84. The molecule has 0 bridgehead atoms. The Morgan fingerprint density at radius 2 is 2.04 bits per heavy atom. The van der Waals surface area contributed by atoms with Crippen LogP contribution < -0.4 is 4.74 Å². The second-order valence-corrected chi connectivity index (χ2v) is 5.10. The largest absolute Gasteiger partial charge is 0.482 e. The molecule has 7 nitrogen and oxygen atoms in total. The number of aromatic nitrogens is 1. The van der Waals surface area contributed by atoms with Crippen molar-refractivity contribution in [2.45, 2.75) is 20.4 Å². The van der Waals surface area contributed by atoms with Crippen LogP contribution in [0.1, 0.15) is 23.0 Å². The van der Waals surface area contributed by atoms with E-state index in [9.17, 15) is 14.7 Å². The van der Waals surface area contributed by atoms with Crippen molar-refractivity contribution in [3.8, 4) is 5.75 Å². The van der Waals surface area contributed by atoms with E-state index in [0.29, 0.717) is 28.9 Å². The van der Waals surface area contributed by atoms with Crippen molar-refractivity contribution in [3.63, 3.8) is 0 Å². The molecular weight excluding hydrogens is 314 g/mol. The summed E-state index contributed by atoms with van der Waals surface area (Å²) in [6.45, 7) is 3.91. The van der Waals surface area contributed by atoms with E-state index in [-0.39, 0.29) is 19.8 Å². The number of fused-ring (bicyclic) bond motifs is 1. The molecule has 0 atom stereocenters. The van der Waals surface area contributed by atoms with Crippen LogP contribution in [0, 0.1) is 6.92 Å². The Balaban J connectivity index is 2.49. The molecule has 1 aromatic carbocycles. The van der Waals surface area contributed by atoms with Crippen molar-refractivity contribution in [2.75, 3.05) is 26.9 Å². The standard InChI is InChI=1S/C17H21NO6/c1-4-23-17(21)16-11(2)18(7-8-19)14-6-5-12(9-13(14)16)24-10-15(20)22-3/h5-6,9,19H,4,7-8,10H2,1-3H3. The minimum atomic E-state index is -0.491. The lowest BCUT2D eigenvalue weighted by Crippen LogP contribution is -2.12. The number of hydrogen-bond donors (Lipinski definition) is 1. The van der Waals surface area contributed by atoms with Crippen LogP contribution in [0.4, 0.5) is 0 Å². The predicted molar refractivity (Wildman–Crippen MR) is 87.2 cm³/mol. The van der Waals surface area contributed by atoms with E-state index in [4.69, 9.17) is 9.47 Å². The zero-order chi connectivity index (χ0) is 17.7. The zero-order valence-electron chi connectivity index (χ0n) is 14.0. The first-order valence-corrected chi connectivity index (χ1v) is 7.63. The lowest BCUT2D eigenvalue weighted by Gasteiger charge is -2.07. The summed E-state index contributed by atoms with van der Waals surface area (Å²) >= 11 is 0. The Labute approximate surface area is 139 Å². The van der Waals surface area contributed by atoms with Gasteiger partial charge in [0.15, 0.2) is 6.61 Å². The molecule has 0 aliphatic rings. The maximum absolute atomic E-state index is 12.3. The van der Waals surface area contributed by atoms with Gasteiger partial charge in [-0.05, 0) is 32.0 Å². The molecule has 1 heterocycles. The van der Waals surface area contributed by atoms with Gasteiger partial charge in [-0.15, -0.1) is 0 Å². The van der Waals surface area contributed by atoms with Crippen molar-refractivity contribution in [1.29, 1.82) is 0 Å². The fourth-order valence-corrected chi connectivity index (χ4v) is 2.60. The lowest BCUT2D eigenvalue weighted by molar-refractivity contribution is -0.142. The smallest absolute Gasteiger partial charge is 0.343 e. The number of hydrogen-bond acceptors (Lipinski definition) is 6. The molecule has 0 spiro atoms. The van der Waals surface area contributed by atoms with Gasteiger partial charge in [-0.2, -0.15) is 0 Å². The lowest BCUT2D eigenvalue weighted by atomic mass is 10.1. The maximum Gasteiger partial charge on any atom is 0.343 e. The third-order valence-corrected chi connectivity index (χ3v) is 3.68. The number of nitrogens with zero attached hydrogens (tertiary/aromatic N) is 1. The Morgan fingerprint density at radius 1 is 1.29 bits per heavy atom. The van der Waals surface area contributed by atoms with Gasteiger partial charge in [-0.1, -0.05) is 0 Å². The Kier molecular flexibility index (Phi) is 5.81. The molecular formula is C17H21NO6. The van der Waals surface area contributed by atoms with Gasteiger partial charge >= 0.3 is 11.9 Å². The van der Waals surface area contributed by atoms with Crippen molar-refractivity contribution in [2.24, 2.45) is 0 Å². The molecule has 0 radical (unpaired) electrons. The van der Waals surface area contributed by atoms with Gasteiger partial charge in [0.25, 0.3) is 0 Å². The molecule has 0 saturated carbocycles. The average molecular weight is 335 g/mol. The van der Waals surface area contributed by atoms with Crippen LogP contribution in [0.25, 0.3) is 10.9 Å². The third-order valence-electron chi connectivity index (χ3n) is 3.68. The number of methoxy groups -OCH3 is 1. The first-order chi connectivity index (χ1) is 11.5. The second kappa shape index (κ2) is 7.83. The molecule has 2 aromatic rings. The molecule has 0 aliphatic carbocycles. The summed E-state index contributed by atoms with van der Waals surface area (Å²) in [5.41, 5.74) is 1.93. The number of aliphatic hydroxyl groups is 1. The second-order valence-electron chi connectivity index (χ2n) is 5.10. The summed E-state index contributed by atoms with van der Waals surface area (Å²) in [5, 5.41) is 9.92. The number of ether oxygens (including phenoxy) is 3. The molecule has 130 valence electrons. The van der Waals surface area contributed by atoms with Gasteiger partial charge in [-0.3, -0.25) is 0 Å². The summed E-state index contributed by atoms with van der Waals surface area (Å²) in [7, 11) is 1.28. The predicted octanol–water partition coefficient (Wildman–Crippen LogP) is 1.67. The molecule has 7 heteroatoms. The Bertz CT molecular complexity index is 749. The van der Waals surface area contributed by atoms with E-state index in [1.54, 1.807) is 32.0 Å². The zero-order valence-corrected chi connectivity index (χ0v) is 14.0. The monoisotopic (exact) mass is 335 g/mol. The molecule has 0 fully saturated rings. The van der Waals surface area contributed by atoms with Crippen LogP contribution in [0.15, 0.2) is 18.2 Å². The molecule has 1 aromatic heterocycles.